The minimum Gasteiger partial charge on any atom is -0.493 e. The van der Waals surface area contributed by atoms with Crippen molar-refractivity contribution in [3.63, 3.8) is 0 Å². The number of nitrogens with zero attached hydrogens (tertiary/aromatic N) is 1. The average molecular weight is 477 g/mol. The zero-order chi connectivity index (χ0) is 17.9. The van der Waals surface area contributed by atoms with Gasteiger partial charge in [0.25, 0.3) is 0 Å². The molecule has 1 aliphatic rings. The van der Waals surface area contributed by atoms with Crippen LogP contribution in [-0.4, -0.2) is 46.5 Å². The van der Waals surface area contributed by atoms with Crippen LogP contribution >= 0.6 is 24.0 Å². The minimum absolute atomic E-state index is 0. The number of halogens is 1. The summed E-state index contributed by atoms with van der Waals surface area (Å²) in [6, 6.07) is 5.89. The van der Waals surface area contributed by atoms with E-state index >= 15 is 0 Å². The summed E-state index contributed by atoms with van der Waals surface area (Å²) < 4.78 is 16.5. The molecule has 0 spiro atoms. The maximum Gasteiger partial charge on any atom is 0.191 e. The lowest BCUT2D eigenvalue weighted by Gasteiger charge is -2.14. The van der Waals surface area contributed by atoms with Gasteiger partial charge >= 0.3 is 0 Å². The molecule has 2 N–H and O–H groups in total. The summed E-state index contributed by atoms with van der Waals surface area (Å²) in [4.78, 5) is 4.25. The van der Waals surface area contributed by atoms with E-state index < -0.39 is 0 Å². The summed E-state index contributed by atoms with van der Waals surface area (Å²) in [7, 11) is 5.06. The lowest BCUT2D eigenvalue weighted by molar-refractivity contribution is 0.0574. The Hall–Kier alpha value is -1.22. The van der Waals surface area contributed by atoms with Crippen molar-refractivity contribution >= 4 is 29.9 Å². The molecular formula is C19H32IN3O3. The normalized spacial score (nSPS) is 14.7. The van der Waals surface area contributed by atoms with Crippen LogP contribution < -0.4 is 20.1 Å². The Kier molecular flexibility index (Phi) is 11.4. The van der Waals surface area contributed by atoms with E-state index in [4.69, 9.17) is 14.2 Å². The van der Waals surface area contributed by atoms with Crippen molar-refractivity contribution in [3.8, 4) is 11.5 Å². The molecule has 148 valence electrons. The number of ether oxygens (including phenoxy) is 3. The molecule has 0 unspecified atom stereocenters. The number of guanidine groups is 1. The molecule has 7 heteroatoms. The Morgan fingerprint density at radius 1 is 1.12 bits per heavy atom. The van der Waals surface area contributed by atoms with Gasteiger partial charge in [-0.1, -0.05) is 18.9 Å². The van der Waals surface area contributed by atoms with E-state index in [1.54, 1.807) is 21.3 Å². The third kappa shape index (κ3) is 7.57. The van der Waals surface area contributed by atoms with Gasteiger partial charge in [0.2, 0.25) is 0 Å². The van der Waals surface area contributed by atoms with Crippen molar-refractivity contribution in [1.82, 2.24) is 10.6 Å². The molecule has 0 aromatic heterocycles. The Labute approximate surface area is 174 Å². The first-order valence-electron chi connectivity index (χ1n) is 9.04. The van der Waals surface area contributed by atoms with Crippen LogP contribution in [0.5, 0.6) is 11.5 Å². The van der Waals surface area contributed by atoms with Crippen LogP contribution in [0.15, 0.2) is 23.2 Å². The number of rotatable bonds is 9. The first-order chi connectivity index (χ1) is 12.3. The fourth-order valence-corrected chi connectivity index (χ4v) is 2.98. The predicted octanol–water partition coefficient (Wildman–Crippen LogP) is 3.34. The van der Waals surface area contributed by atoms with Gasteiger partial charge < -0.3 is 24.8 Å². The van der Waals surface area contributed by atoms with Crippen LogP contribution in [0.3, 0.4) is 0 Å². The molecule has 0 heterocycles. The number of hydrogen-bond acceptors (Lipinski definition) is 4. The van der Waals surface area contributed by atoms with Crippen molar-refractivity contribution < 1.29 is 14.2 Å². The molecule has 0 bridgehead atoms. The highest BCUT2D eigenvalue weighted by atomic mass is 127. The lowest BCUT2D eigenvalue weighted by Crippen LogP contribution is -2.37. The summed E-state index contributed by atoms with van der Waals surface area (Å²) in [5.41, 5.74) is 1.10. The fraction of sp³-hybridized carbons (Fsp3) is 0.632. The van der Waals surface area contributed by atoms with Gasteiger partial charge in [0, 0.05) is 26.7 Å². The van der Waals surface area contributed by atoms with E-state index in [1.165, 1.54) is 25.7 Å². The van der Waals surface area contributed by atoms with Gasteiger partial charge in [0.1, 0.15) is 0 Å². The molecule has 26 heavy (non-hydrogen) atoms. The van der Waals surface area contributed by atoms with Crippen LogP contribution in [0.1, 0.15) is 37.7 Å². The third-order valence-corrected chi connectivity index (χ3v) is 4.40. The summed E-state index contributed by atoms with van der Waals surface area (Å²) >= 11 is 0. The Bertz CT molecular complexity index is 549. The largest absolute Gasteiger partial charge is 0.493 e. The zero-order valence-corrected chi connectivity index (χ0v) is 18.4. The minimum atomic E-state index is 0. The van der Waals surface area contributed by atoms with Crippen molar-refractivity contribution in [1.29, 1.82) is 0 Å². The summed E-state index contributed by atoms with van der Waals surface area (Å²) in [6.07, 6.45) is 6.55. The summed E-state index contributed by atoms with van der Waals surface area (Å²) in [5, 5.41) is 6.63. The summed E-state index contributed by atoms with van der Waals surface area (Å²) in [6.45, 7) is 2.32. The van der Waals surface area contributed by atoms with Gasteiger partial charge in [0.15, 0.2) is 17.5 Å². The van der Waals surface area contributed by atoms with E-state index in [0.717, 1.165) is 42.6 Å². The Morgan fingerprint density at radius 2 is 1.85 bits per heavy atom. The number of aliphatic imine (C=N–C) groups is 1. The van der Waals surface area contributed by atoms with E-state index in [2.05, 4.69) is 15.6 Å². The third-order valence-electron chi connectivity index (χ3n) is 4.40. The molecule has 1 aromatic rings. The van der Waals surface area contributed by atoms with Gasteiger partial charge in [-0.15, -0.1) is 24.0 Å². The second-order valence-corrected chi connectivity index (χ2v) is 6.17. The Balaban J connectivity index is 0.00000338. The molecule has 1 fully saturated rings. The highest BCUT2D eigenvalue weighted by molar-refractivity contribution is 14.0. The molecule has 1 saturated carbocycles. The first kappa shape index (κ1) is 22.8. The lowest BCUT2D eigenvalue weighted by atomic mass is 10.2. The van der Waals surface area contributed by atoms with Crippen LogP contribution in [0.25, 0.3) is 0 Å². The van der Waals surface area contributed by atoms with E-state index in [0.29, 0.717) is 12.6 Å². The topological polar surface area (TPSA) is 64.1 Å². The number of hydrogen-bond donors (Lipinski definition) is 2. The van der Waals surface area contributed by atoms with Crippen LogP contribution in [-0.2, 0) is 11.3 Å². The molecule has 0 atom stereocenters. The van der Waals surface area contributed by atoms with E-state index in [9.17, 15) is 0 Å². The van der Waals surface area contributed by atoms with Crippen LogP contribution in [0.2, 0.25) is 0 Å². The maximum absolute atomic E-state index is 5.87. The van der Waals surface area contributed by atoms with Gasteiger partial charge in [-0.3, -0.25) is 4.99 Å². The highest BCUT2D eigenvalue weighted by Crippen LogP contribution is 2.27. The molecule has 1 aromatic carbocycles. The van der Waals surface area contributed by atoms with E-state index in [-0.39, 0.29) is 24.0 Å². The SMILES string of the molecule is CN=C(NCCCOC1CCCC1)NCc1ccc(OC)c(OC)c1.I. The van der Waals surface area contributed by atoms with Crippen molar-refractivity contribution in [2.45, 2.75) is 44.8 Å². The molecule has 1 aliphatic carbocycles. The number of nitrogens with one attached hydrogen (secondary N) is 2. The fourth-order valence-electron chi connectivity index (χ4n) is 2.98. The van der Waals surface area contributed by atoms with E-state index in [1.807, 2.05) is 18.2 Å². The predicted molar refractivity (Wildman–Crippen MR) is 116 cm³/mol. The van der Waals surface area contributed by atoms with Crippen molar-refractivity contribution in [2.75, 3.05) is 34.4 Å². The van der Waals surface area contributed by atoms with Crippen LogP contribution in [0.4, 0.5) is 0 Å². The average Bonchev–Trinajstić information content (AvgIpc) is 3.17. The number of methoxy groups -OCH3 is 2. The highest BCUT2D eigenvalue weighted by Gasteiger charge is 2.14. The Morgan fingerprint density at radius 3 is 2.50 bits per heavy atom. The van der Waals surface area contributed by atoms with Crippen LogP contribution in [0, 0.1) is 0 Å². The molecule has 6 nitrogen and oxygen atoms in total. The molecule has 0 radical (unpaired) electrons. The van der Waals surface area contributed by atoms with Crippen molar-refractivity contribution in [3.05, 3.63) is 23.8 Å². The molecule has 0 aliphatic heterocycles. The quantitative estimate of drug-likeness (QED) is 0.247. The maximum atomic E-state index is 5.87. The molecule has 0 amide bonds. The summed E-state index contributed by atoms with van der Waals surface area (Å²) in [5.74, 6) is 2.25. The van der Waals surface area contributed by atoms with Gasteiger partial charge in [-0.05, 0) is 37.0 Å². The van der Waals surface area contributed by atoms with Gasteiger partial charge in [0.05, 0.1) is 20.3 Å². The molecule has 0 saturated heterocycles. The zero-order valence-electron chi connectivity index (χ0n) is 16.0. The smallest absolute Gasteiger partial charge is 0.191 e. The first-order valence-corrected chi connectivity index (χ1v) is 9.04. The molecule has 2 rings (SSSR count). The standard InChI is InChI=1S/C19H31N3O3.HI/c1-20-19(21-11-6-12-25-16-7-4-5-8-16)22-14-15-9-10-17(23-2)18(13-15)24-3;/h9-10,13,16H,4-8,11-12,14H2,1-3H3,(H2,20,21,22);1H. The van der Waals surface area contributed by atoms with Crippen molar-refractivity contribution in [2.24, 2.45) is 4.99 Å². The monoisotopic (exact) mass is 477 g/mol. The van der Waals surface area contributed by atoms with Gasteiger partial charge in [-0.2, -0.15) is 0 Å². The molecular weight excluding hydrogens is 445 g/mol. The number of benzene rings is 1. The second kappa shape index (κ2) is 13.0. The van der Waals surface area contributed by atoms with Gasteiger partial charge in [-0.25, -0.2) is 0 Å². The second-order valence-electron chi connectivity index (χ2n) is 6.17.